The van der Waals surface area contributed by atoms with Crippen LogP contribution in [0.1, 0.15) is 17.3 Å². The summed E-state index contributed by atoms with van der Waals surface area (Å²) in [5.74, 6) is -1.35. The maximum absolute atomic E-state index is 13.4. The van der Waals surface area contributed by atoms with E-state index in [1.807, 2.05) is 0 Å². The van der Waals surface area contributed by atoms with Gasteiger partial charge >= 0.3 is 0 Å². The first-order valence-electron chi connectivity index (χ1n) is 6.95. The van der Waals surface area contributed by atoms with Crippen molar-refractivity contribution in [3.05, 3.63) is 59.7 Å². The Labute approximate surface area is 132 Å². The molecular formula is C17H16F2O4. The summed E-state index contributed by atoms with van der Waals surface area (Å²) in [6.45, 7) is 1.14. The summed E-state index contributed by atoms with van der Waals surface area (Å²) in [6.07, 6.45) is -1.01. The van der Waals surface area contributed by atoms with Gasteiger partial charge in [0.1, 0.15) is 30.9 Å². The highest BCUT2D eigenvalue weighted by molar-refractivity contribution is 5.94. The largest absolute Gasteiger partial charge is 0.491 e. The number of Topliss-reactive ketones (excluding diaryl/α,β-unsaturated/α-hetero) is 1. The average Bonchev–Trinajstić information content (AvgIpc) is 2.52. The third kappa shape index (κ3) is 5.03. The minimum absolute atomic E-state index is 0.0916. The van der Waals surface area contributed by atoms with Crippen molar-refractivity contribution in [2.75, 3.05) is 13.2 Å². The molecule has 2 aromatic carbocycles. The van der Waals surface area contributed by atoms with E-state index in [0.717, 1.165) is 12.1 Å². The van der Waals surface area contributed by atoms with Gasteiger partial charge in [0.25, 0.3) is 0 Å². The fourth-order valence-electron chi connectivity index (χ4n) is 1.82. The predicted molar refractivity (Wildman–Crippen MR) is 79.8 cm³/mol. The molecule has 0 aromatic heterocycles. The van der Waals surface area contributed by atoms with Gasteiger partial charge in [0.15, 0.2) is 17.3 Å². The minimum Gasteiger partial charge on any atom is -0.491 e. The molecule has 0 bridgehead atoms. The van der Waals surface area contributed by atoms with Gasteiger partial charge in [-0.2, -0.15) is 0 Å². The van der Waals surface area contributed by atoms with Gasteiger partial charge in [0.2, 0.25) is 0 Å². The lowest BCUT2D eigenvalue weighted by atomic mass is 10.1. The molecule has 1 N–H and O–H groups in total. The van der Waals surface area contributed by atoms with Crippen molar-refractivity contribution in [1.29, 1.82) is 0 Å². The Morgan fingerprint density at radius 1 is 1.13 bits per heavy atom. The molecule has 0 saturated carbocycles. The molecule has 0 amide bonds. The molecule has 0 fully saturated rings. The zero-order chi connectivity index (χ0) is 16.8. The van der Waals surface area contributed by atoms with Gasteiger partial charge in [0.05, 0.1) is 0 Å². The number of hydrogen-bond acceptors (Lipinski definition) is 4. The molecule has 4 nitrogen and oxygen atoms in total. The number of rotatable bonds is 7. The van der Waals surface area contributed by atoms with E-state index >= 15 is 0 Å². The number of ketones is 1. The Bertz CT molecular complexity index is 688. The van der Waals surface area contributed by atoms with E-state index in [0.29, 0.717) is 17.4 Å². The Hall–Kier alpha value is -2.47. The second kappa shape index (κ2) is 7.69. The summed E-state index contributed by atoms with van der Waals surface area (Å²) in [5, 5.41) is 9.78. The van der Waals surface area contributed by atoms with Crippen molar-refractivity contribution in [3.8, 4) is 11.5 Å². The molecule has 6 heteroatoms. The number of hydrogen-bond donors (Lipinski definition) is 1. The Kier molecular flexibility index (Phi) is 5.65. The number of aliphatic hydroxyl groups excluding tert-OH is 1. The van der Waals surface area contributed by atoms with Crippen LogP contribution in [0.4, 0.5) is 8.78 Å². The van der Waals surface area contributed by atoms with Crippen LogP contribution in [0.2, 0.25) is 0 Å². The first-order valence-corrected chi connectivity index (χ1v) is 6.95. The molecule has 1 atom stereocenters. The van der Waals surface area contributed by atoms with Gasteiger partial charge in [-0.05, 0) is 31.2 Å². The first-order chi connectivity index (χ1) is 11.0. The lowest BCUT2D eigenvalue weighted by molar-refractivity contribution is 0.0612. The molecule has 2 rings (SSSR count). The first kappa shape index (κ1) is 16.9. The van der Waals surface area contributed by atoms with Gasteiger partial charge in [-0.15, -0.1) is 0 Å². The summed E-state index contributed by atoms with van der Waals surface area (Å²) in [4.78, 5) is 11.3. The topological polar surface area (TPSA) is 55.8 Å². The molecule has 1 unspecified atom stereocenters. The van der Waals surface area contributed by atoms with Gasteiger partial charge in [0, 0.05) is 11.6 Å². The van der Waals surface area contributed by atoms with E-state index in [4.69, 9.17) is 9.47 Å². The molecule has 0 aliphatic heterocycles. The average molecular weight is 322 g/mol. The van der Waals surface area contributed by atoms with Gasteiger partial charge in [-0.1, -0.05) is 12.1 Å². The highest BCUT2D eigenvalue weighted by atomic mass is 19.1. The van der Waals surface area contributed by atoms with Crippen molar-refractivity contribution in [2.45, 2.75) is 13.0 Å². The summed E-state index contributed by atoms with van der Waals surface area (Å²) in [7, 11) is 0. The zero-order valence-electron chi connectivity index (χ0n) is 12.5. The SMILES string of the molecule is CC(=O)c1cccc(OCC(O)COc2ccc(F)cc2F)c1. The van der Waals surface area contributed by atoms with Crippen LogP contribution in [0.25, 0.3) is 0 Å². The monoisotopic (exact) mass is 322 g/mol. The lowest BCUT2D eigenvalue weighted by Crippen LogP contribution is -2.25. The zero-order valence-corrected chi connectivity index (χ0v) is 12.5. The number of benzene rings is 2. The molecule has 0 spiro atoms. The van der Waals surface area contributed by atoms with Crippen LogP contribution in [0.5, 0.6) is 11.5 Å². The highest BCUT2D eigenvalue weighted by Gasteiger charge is 2.10. The molecule has 0 aliphatic rings. The van der Waals surface area contributed by atoms with Crippen LogP contribution in [-0.2, 0) is 0 Å². The normalized spacial score (nSPS) is 11.8. The number of carbonyl (C=O) groups is 1. The standard InChI is InChI=1S/C17H16F2O4/c1-11(20)12-3-2-4-15(7-12)22-9-14(21)10-23-17-6-5-13(18)8-16(17)19/h2-8,14,21H,9-10H2,1H3. The maximum Gasteiger partial charge on any atom is 0.167 e. The summed E-state index contributed by atoms with van der Waals surface area (Å²) >= 11 is 0. The maximum atomic E-state index is 13.4. The second-order valence-corrected chi connectivity index (χ2v) is 4.93. The molecule has 0 saturated heterocycles. The van der Waals surface area contributed by atoms with Crippen molar-refractivity contribution in [3.63, 3.8) is 0 Å². The lowest BCUT2D eigenvalue weighted by Gasteiger charge is -2.14. The molecule has 122 valence electrons. The number of ether oxygens (including phenoxy) is 2. The van der Waals surface area contributed by atoms with Crippen LogP contribution in [0, 0.1) is 11.6 Å². The van der Waals surface area contributed by atoms with Crippen molar-refractivity contribution in [1.82, 2.24) is 0 Å². The fourth-order valence-corrected chi connectivity index (χ4v) is 1.82. The van der Waals surface area contributed by atoms with Crippen LogP contribution < -0.4 is 9.47 Å². The molecular weight excluding hydrogens is 306 g/mol. The second-order valence-electron chi connectivity index (χ2n) is 4.93. The number of carbonyl (C=O) groups excluding carboxylic acids is 1. The Morgan fingerprint density at radius 2 is 1.87 bits per heavy atom. The van der Waals surface area contributed by atoms with Crippen molar-refractivity contribution in [2.24, 2.45) is 0 Å². The smallest absolute Gasteiger partial charge is 0.167 e. The van der Waals surface area contributed by atoms with Crippen LogP contribution >= 0.6 is 0 Å². The van der Waals surface area contributed by atoms with Gasteiger partial charge in [-0.3, -0.25) is 4.79 Å². The van der Waals surface area contributed by atoms with Crippen molar-refractivity contribution >= 4 is 5.78 Å². The third-order valence-corrected chi connectivity index (χ3v) is 3.01. The molecule has 23 heavy (non-hydrogen) atoms. The number of halogens is 2. The molecule has 0 aliphatic carbocycles. The molecule has 2 aromatic rings. The van der Waals surface area contributed by atoms with E-state index in [1.54, 1.807) is 24.3 Å². The highest BCUT2D eigenvalue weighted by Crippen LogP contribution is 2.18. The quantitative estimate of drug-likeness (QED) is 0.796. The molecule has 0 heterocycles. The Morgan fingerprint density at radius 3 is 2.57 bits per heavy atom. The third-order valence-electron chi connectivity index (χ3n) is 3.01. The van der Waals surface area contributed by atoms with E-state index < -0.39 is 17.7 Å². The van der Waals surface area contributed by atoms with Crippen LogP contribution in [-0.4, -0.2) is 30.2 Å². The minimum atomic E-state index is -1.01. The van der Waals surface area contributed by atoms with Crippen LogP contribution in [0.15, 0.2) is 42.5 Å². The number of aliphatic hydroxyl groups is 1. The molecule has 0 radical (unpaired) electrons. The Balaban J connectivity index is 1.84. The van der Waals surface area contributed by atoms with E-state index in [1.165, 1.54) is 6.92 Å². The summed E-state index contributed by atoms with van der Waals surface area (Å²) in [5.41, 5.74) is 0.502. The van der Waals surface area contributed by atoms with Crippen LogP contribution in [0.3, 0.4) is 0 Å². The van der Waals surface area contributed by atoms with Gasteiger partial charge in [-0.25, -0.2) is 8.78 Å². The van der Waals surface area contributed by atoms with Gasteiger partial charge < -0.3 is 14.6 Å². The van der Waals surface area contributed by atoms with E-state index in [2.05, 4.69) is 0 Å². The fraction of sp³-hybridized carbons (Fsp3) is 0.235. The summed E-state index contributed by atoms with van der Waals surface area (Å²) in [6, 6.07) is 9.46. The van der Waals surface area contributed by atoms with E-state index in [-0.39, 0.29) is 24.7 Å². The van der Waals surface area contributed by atoms with E-state index in [9.17, 15) is 18.7 Å². The predicted octanol–water partition coefficient (Wildman–Crippen LogP) is 2.99. The van der Waals surface area contributed by atoms with Crippen molar-refractivity contribution < 1.29 is 28.2 Å². The summed E-state index contributed by atoms with van der Waals surface area (Å²) < 4.78 is 36.6.